The van der Waals surface area contributed by atoms with Crippen LogP contribution in [0.5, 0.6) is 17.2 Å². The Hall–Kier alpha value is -2.10. The minimum absolute atomic E-state index is 0. The van der Waals surface area contributed by atoms with Crippen LogP contribution in [0.15, 0.2) is 41.7 Å². The van der Waals surface area contributed by atoms with E-state index in [-0.39, 0.29) is 24.0 Å². The number of ether oxygens (including phenoxy) is 3. The van der Waals surface area contributed by atoms with Crippen LogP contribution >= 0.6 is 24.0 Å². The first-order valence-corrected chi connectivity index (χ1v) is 8.63. The number of aliphatic imine (C=N–C) groups is 1. The fraction of sp³-hybridized carbons (Fsp3) is 0.421. The normalized spacial score (nSPS) is 10.7. The fourth-order valence-electron chi connectivity index (χ4n) is 2.56. The highest BCUT2D eigenvalue weighted by molar-refractivity contribution is 14.0. The molecular formula is C19H29IN4O3. The lowest BCUT2D eigenvalue weighted by atomic mass is 10.2. The van der Waals surface area contributed by atoms with Gasteiger partial charge in [0.05, 0.1) is 27.9 Å². The highest BCUT2D eigenvalue weighted by atomic mass is 127. The van der Waals surface area contributed by atoms with Crippen LogP contribution in [0.3, 0.4) is 0 Å². The Bertz CT molecular complexity index is 680. The number of benzene rings is 1. The summed E-state index contributed by atoms with van der Waals surface area (Å²) in [7, 11) is 4.81. The second kappa shape index (κ2) is 12.3. The zero-order valence-electron chi connectivity index (χ0n) is 16.3. The predicted molar refractivity (Wildman–Crippen MR) is 119 cm³/mol. The van der Waals surface area contributed by atoms with E-state index in [1.54, 1.807) is 21.3 Å². The van der Waals surface area contributed by atoms with Gasteiger partial charge in [0.15, 0.2) is 17.5 Å². The van der Waals surface area contributed by atoms with Crippen LogP contribution in [0.25, 0.3) is 0 Å². The van der Waals surface area contributed by atoms with E-state index in [1.165, 1.54) is 0 Å². The Morgan fingerprint density at radius 3 is 2.15 bits per heavy atom. The van der Waals surface area contributed by atoms with E-state index >= 15 is 0 Å². The first-order valence-electron chi connectivity index (χ1n) is 8.63. The molecule has 150 valence electrons. The number of rotatable bonds is 9. The zero-order chi connectivity index (χ0) is 18.8. The molecule has 27 heavy (non-hydrogen) atoms. The van der Waals surface area contributed by atoms with Gasteiger partial charge in [-0.25, -0.2) is 4.99 Å². The van der Waals surface area contributed by atoms with E-state index in [2.05, 4.69) is 20.2 Å². The number of guanidine groups is 1. The summed E-state index contributed by atoms with van der Waals surface area (Å²) < 4.78 is 18.3. The zero-order valence-corrected chi connectivity index (χ0v) is 18.7. The first kappa shape index (κ1) is 22.9. The Labute approximate surface area is 178 Å². The van der Waals surface area contributed by atoms with Crippen molar-refractivity contribution in [2.24, 2.45) is 4.99 Å². The number of methoxy groups -OCH3 is 3. The van der Waals surface area contributed by atoms with Crippen molar-refractivity contribution in [2.45, 2.75) is 20.0 Å². The SMILES string of the molecule is CCNC(=NCc1cc(OC)c(OC)c(OC)c1)NCCn1cccc1.I. The van der Waals surface area contributed by atoms with Gasteiger partial charge in [0.25, 0.3) is 0 Å². The molecule has 0 saturated heterocycles. The minimum Gasteiger partial charge on any atom is -0.493 e. The van der Waals surface area contributed by atoms with Gasteiger partial charge in [-0.15, -0.1) is 24.0 Å². The average molecular weight is 488 g/mol. The molecule has 0 fully saturated rings. The van der Waals surface area contributed by atoms with Crippen molar-refractivity contribution in [3.63, 3.8) is 0 Å². The van der Waals surface area contributed by atoms with Gasteiger partial charge >= 0.3 is 0 Å². The van der Waals surface area contributed by atoms with Crippen LogP contribution in [0.2, 0.25) is 0 Å². The van der Waals surface area contributed by atoms with Crippen molar-refractivity contribution in [2.75, 3.05) is 34.4 Å². The van der Waals surface area contributed by atoms with E-state index in [9.17, 15) is 0 Å². The lowest BCUT2D eigenvalue weighted by Crippen LogP contribution is -2.38. The molecule has 1 aromatic heterocycles. The van der Waals surface area contributed by atoms with Gasteiger partial charge in [-0.3, -0.25) is 0 Å². The third-order valence-electron chi connectivity index (χ3n) is 3.82. The van der Waals surface area contributed by atoms with Crippen LogP contribution in [0, 0.1) is 0 Å². The van der Waals surface area contributed by atoms with E-state index in [0.29, 0.717) is 23.8 Å². The van der Waals surface area contributed by atoms with Crippen LogP contribution in [0.4, 0.5) is 0 Å². The number of hydrogen-bond donors (Lipinski definition) is 2. The molecule has 0 aliphatic heterocycles. The molecule has 2 rings (SSSR count). The Kier molecular flexibility index (Phi) is 10.5. The number of nitrogens with zero attached hydrogens (tertiary/aromatic N) is 2. The summed E-state index contributed by atoms with van der Waals surface area (Å²) in [5, 5.41) is 6.59. The van der Waals surface area contributed by atoms with Crippen LogP contribution < -0.4 is 24.8 Å². The quantitative estimate of drug-likeness (QED) is 0.323. The van der Waals surface area contributed by atoms with E-state index in [4.69, 9.17) is 14.2 Å². The van der Waals surface area contributed by atoms with Gasteiger partial charge in [-0.2, -0.15) is 0 Å². The molecule has 2 aromatic rings. The maximum Gasteiger partial charge on any atom is 0.203 e. The van der Waals surface area contributed by atoms with E-state index < -0.39 is 0 Å². The van der Waals surface area contributed by atoms with Gasteiger partial charge in [0.2, 0.25) is 5.75 Å². The molecule has 0 saturated carbocycles. The van der Waals surface area contributed by atoms with Crippen LogP contribution in [-0.2, 0) is 13.1 Å². The molecular weight excluding hydrogens is 459 g/mol. The third-order valence-corrected chi connectivity index (χ3v) is 3.82. The first-order chi connectivity index (χ1) is 12.7. The molecule has 0 radical (unpaired) electrons. The molecule has 2 N–H and O–H groups in total. The summed E-state index contributed by atoms with van der Waals surface area (Å²) in [6.07, 6.45) is 4.09. The second-order valence-corrected chi connectivity index (χ2v) is 5.58. The van der Waals surface area contributed by atoms with Gasteiger partial charge in [0, 0.05) is 32.0 Å². The van der Waals surface area contributed by atoms with Crippen molar-refractivity contribution in [3.05, 3.63) is 42.2 Å². The van der Waals surface area contributed by atoms with Gasteiger partial charge in [-0.1, -0.05) is 0 Å². The van der Waals surface area contributed by atoms with Crippen LogP contribution in [0.1, 0.15) is 12.5 Å². The molecule has 1 heterocycles. The fourth-order valence-corrected chi connectivity index (χ4v) is 2.56. The smallest absolute Gasteiger partial charge is 0.203 e. The second-order valence-electron chi connectivity index (χ2n) is 5.58. The molecule has 0 aliphatic carbocycles. The summed E-state index contributed by atoms with van der Waals surface area (Å²) in [6, 6.07) is 7.86. The summed E-state index contributed by atoms with van der Waals surface area (Å²) in [5.74, 6) is 2.61. The summed E-state index contributed by atoms with van der Waals surface area (Å²) in [5.41, 5.74) is 0.974. The largest absolute Gasteiger partial charge is 0.493 e. The monoisotopic (exact) mass is 488 g/mol. The van der Waals surface area contributed by atoms with Gasteiger partial charge in [-0.05, 0) is 36.8 Å². The molecule has 0 spiro atoms. The predicted octanol–water partition coefficient (Wildman–Crippen LogP) is 2.89. The number of nitrogens with one attached hydrogen (secondary N) is 2. The topological polar surface area (TPSA) is 69.0 Å². The standard InChI is InChI=1S/C19H28N4O3.HI/c1-5-20-19(21-8-11-23-9-6-7-10-23)22-14-15-12-16(24-2)18(26-4)17(13-15)25-3;/h6-7,9-10,12-13H,5,8,11,14H2,1-4H3,(H2,20,21,22);1H. The van der Waals surface area contributed by atoms with Gasteiger partial charge < -0.3 is 29.4 Å². The summed E-state index contributed by atoms with van der Waals surface area (Å²) in [6.45, 7) is 5.00. The summed E-state index contributed by atoms with van der Waals surface area (Å²) >= 11 is 0. The molecule has 0 amide bonds. The molecule has 8 heteroatoms. The third kappa shape index (κ3) is 6.85. The van der Waals surface area contributed by atoms with Crippen LogP contribution in [-0.4, -0.2) is 44.9 Å². The Morgan fingerprint density at radius 2 is 1.63 bits per heavy atom. The molecule has 0 aliphatic rings. The number of aromatic nitrogens is 1. The maximum atomic E-state index is 5.39. The van der Waals surface area contributed by atoms with Crippen molar-refractivity contribution in [1.29, 1.82) is 0 Å². The maximum absolute atomic E-state index is 5.39. The van der Waals surface area contributed by atoms with Crippen molar-refractivity contribution < 1.29 is 14.2 Å². The molecule has 0 unspecified atom stereocenters. The van der Waals surface area contributed by atoms with E-state index in [0.717, 1.165) is 31.2 Å². The lowest BCUT2D eigenvalue weighted by molar-refractivity contribution is 0.324. The van der Waals surface area contributed by atoms with E-state index in [1.807, 2.05) is 43.6 Å². The Morgan fingerprint density at radius 1 is 1.00 bits per heavy atom. The number of halogens is 1. The molecule has 0 atom stereocenters. The van der Waals surface area contributed by atoms with Crippen molar-refractivity contribution in [3.8, 4) is 17.2 Å². The highest BCUT2D eigenvalue weighted by Crippen LogP contribution is 2.38. The Balaban J connectivity index is 0.00000364. The average Bonchev–Trinajstić information content (AvgIpc) is 3.18. The molecule has 1 aromatic carbocycles. The highest BCUT2D eigenvalue weighted by Gasteiger charge is 2.13. The summed E-state index contributed by atoms with van der Waals surface area (Å²) in [4.78, 5) is 4.64. The number of hydrogen-bond acceptors (Lipinski definition) is 4. The minimum atomic E-state index is 0. The lowest BCUT2D eigenvalue weighted by Gasteiger charge is -2.14. The molecule has 0 bridgehead atoms. The van der Waals surface area contributed by atoms with Crippen molar-refractivity contribution >= 4 is 29.9 Å². The molecule has 7 nitrogen and oxygen atoms in total. The van der Waals surface area contributed by atoms with Gasteiger partial charge in [0.1, 0.15) is 0 Å². The van der Waals surface area contributed by atoms with Crippen molar-refractivity contribution in [1.82, 2.24) is 15.2 Å².